The van der Waals surface area contributed by atoms with Crippen LogP contribution < -0.4 is 5.32 Å². The molecule has 1 aliphatic heterocycles. The summed E-state index contributed by atoms with van der Waals surface area (Å²) in [4.78, 5) is 2.10. The summed E-state index contributed by atoms with van der Waals surface area (Å²) in [5.74, 6) is -4.39. The molecule has 0 aromatic heterocycles. The first-order chi connectivity index (χ1) is 11.1. The van der Waals surface area contributed by atoms with Crippen LogP contribution in [0.5, 0.6) is 5.75 Å². The van der Waals surface area contributed by atoms with Crippen LogP contribution in [0.1, 0.15) is 43.7 Å². The Labute approximate surface area is 134 Å². The smallest absolute Gasteiger partial charge is 0.195 e. The van der Waals surface area contributed by atoms with E-state index in [1.807, 2.05) is 0 Å². The largest absolute Gasteiger partial charge is 0.507 e. The van der Waals surface area contributed by atoms with Crippen molar-refractivity contribution in [3.8, 4) is 5.75 Å². The lowest BCUT2D eigenvalue weighted by Crippen LogP contribution is -2.47. The van der Waals surface area contributed by atoms with Crippen molar-refractivity contribution in [2.75, 3.05) is 26.2 Å². The van der Waals surface area contributed by atoms with Gasteiger partial charge in [-0.25, -0.2) is 13.2 Å². The fourth-order valence-corrected chi connectivity index (χ4v) is 4.00. The summed E-state index contributed by atoms with van der Waals surface area (Å²) in [6.07, 6.45) is 5.11. The van der Waals surface area contributed by atoms with Crippen molar-refractivity contribution in [3.63, 3.8) is 0 Å². The van der Waals surface area contributed by atoms with Gasteiger partial charge in [-0.3, -0.25) is 4.90 Å². The van der Waals surface area contributed by atoms with Crippen LogP contribution in [0.3, 0.4) is 0 Å². The molecule has 2 N–H and O–H groups in total. The molecule has 23 heavy (non-hydrogen) atoms. The van der Waals surface area contributed by atoms with Gasteiger partial charge in [-0.15, -0.1) is 0 Å². The molecule has 0 unspecified atom stereocenters. The zero-order valence-corrected chi connectivity index (χ0v) is 13.1. The fraction of sp³-hybridized carbons (Fsp3) is 0.647. The Bertz CT molecular complexity index is 537. The molecular formula is C17H23F3N2O. The average Bonchev–Trinajstić information content (AvgIpc) is 2.58. The molecule has 3 nitrogen and oxygen atoms in total. The lowest BCUT2D eigenvalue weighted by atomic mass is 9.79. The Kier molecular flexibility index (Phi) is 5.11. The van der Waals surface area contributed by atoms with E-state index in [0.29, 0.717) is 19.2 Å². The van der Waals surface area contributed by atoms with E-state index in [4.69, 9.17) is 0 Å². The van der Waals surface area contributed by atoms with E-state index in [9.17, 15) is 18.3 Å². The summed E-state index contributed by atoms with van der Waals surface area (Å²) in [5.41, 5.74) is -0.0716. The standard InChI is InChI=1S/C17H23F3N2O/c18-12-10-13(23)14(16(20)15(12)19)17(11-4-2-1-3-5-11)22-8-6-21-7-9-22/h10-11,17,21,23H,1-9H2/t17-/m0/s1. The van der Waals surface area contributed by atoms with Crippen molar-refractivity contribution in [2.45, 2.75) is 38.1 Å². The van der Waals surface area contributed by atoms with Crippen LogP contribution >= 0.6 is 0 Å². The van der Waals surface area contributed by atoms with Crippen LogP contribution in [-0.4, -0.2) is 36.2 Å². The van der Waals surface area contributed by atoms with Gasteiger partial charge in [-0.1, -0.05) is 19.3 Å². The van der Waals surface area contributed by atoms with Crippen LogP contribution in [0.15, 0.2) is 6.07 Å². The maximum atomic E-state index is 14.5. The Morgan fingerprint density at radius 2 is 1.70 bits per heavy atom. The first-order valence-electron chi connectivity index (χ1n) is 8.40. The van der Waals surface area contributed by atoms with Gasteiger partial charge in [0, 0.05) is 38.3 Å². The minimum absolute atomic E-state index is 0.0716. The topological polar surface area (TPSA) is 35.5 Å². The van der Waals surface area contributed by atoms with E-state index in [0.717, 1.165) is 45.2 Å². The second kappa shape index (κ2) is 7.09. The van der Waals surface area contributed by atoms with Crippen LogP contribution in [0.4, 0.5) is 13.2 Å². The molecule has 1 heterocycles. The van der Waals surface area contributed by atoms with Crippen molar-refractivity contribution in [1.29, 1.82) is 0 Å². The zero-order chi connectivity index (χ0) is 16.4. The number of rotatable bonds is 3. The predicted octanol–water partition coefficient (Wildman–Crippen LogP) is 3.34. The van der Waals surface area contributed by atoms with Gasteiger partial charge in [-0.2, -0.15) is 0 Å². The second-order valence-electron chi connectivity index (χ2n) is 6.55. The first kappa shape index (κ1) is 16.6. The molecule has 0 amide bonds. The zero-order valence-electron chi connectivity index (χ0n) is 13.1. The van der Waals surface area contributed by atoms with Crippen LogP contribution in [0, 0.1) is 23.4 Å². The van der Waals surface area contributed by atoms with Gasteiger partial charge in [0.05, 0.1) is 5.56 Å². The SMILES string of the molecule is Oc1cc(F)c(F)c(F)c1[C@H](C1CCCCC1)N1CCNCC1. The van der Waals surface area contributed by atoms with Gasteiger partial charge in [0.1, 0.15) is 5.75 Å². The van der Waals surface area contributed by atoms with Crippen LogP contribution in [0.25, 0.3) is 0 Å². The molecule has 0 bridgehead atoms. The van der Waals surface area contributed by atoms with Gasteiger partial charge in [0.25, 0.3) is 0 Å². The highest BCUT2D eigenvalue weighted by molar-refractivity contribution is 5.38. The molecule has 1 aromatic rings. The maximum Gasteiger partial charge on any atom is 0.195 e. The monoisotopic (exact) mass is 328 g/mol. The molecule has 2 fully saturated rings. The van der Waals surface area contributed by atoms with Crippen LogP contribution in [0.2, 0.25) is 0 Å². The van der Waals surface area contributed by atoms with E-state index >= 15 is 0 Å². The lowest BCUT2D eigenvalue weighted by molar-refractivity contribution is 0.0975. The van der Waals surface area contributed by atoms with Crippen LogP contribution in [-0.2, 0) is 0 Å². The predicted molar refractivity (Wildman–Crippen MR) is 81.7 cm³/mol. The third kappa shape index (κ3) is 3.33. The molecule has 2 aliphatic rings. The molecule has 6 heteroatoms. The lowest BCUT2D eigenvalue weighted by Gasteiger charge is -2.41. The normalized spacial score (nSPS) is 22.2. The van der Waals surface area contributed by atoms with E-state index in [1.165, 1.54) is 0 Å². The summed E-state index contributed by atoms with van der Waals surface area (Å²) in [6, 6.07) is 0.304. The minimum Gasteiger partial charge on any atom is -0.507 e. The van der Waals surface area contributed by atoms with Gasteiger partial charge >= 0.3 is 0 Å². The highest BCUT2D eigenvalue weighted by Crippen LogP contribution is 2.43. The van der Waals surface area contributed by atoms with Crippen molar-refractivity contribution >= 4 is 0 Å². The Balaban J connectivity index is 2.02. The highest BCUT2D eigenvalue weighted by atomic mass is 19.2. The number of piperazine rings is 1. The molecule has 1 saturated carbocycles. The first-order valence-corrected chi connectivity index (χ1v) is 8.40. The molecule has 1 aliphatic carbocycles. The molecule has 0 radical (unpaired) electrons. The number of halogens is 3. The molecule has 1 atom stereocenters. The maximum absolute atomic E-state index is 14.5. The third-order valence-corrected chi connectivity index (χ3v) is 5.12. The average molecular weight is 328 g/mol. The number of hydrogen-bond acceptors (Lipinski definition) is 3. The summed E-state index contributed by atoms with van der Waals surface area (Å²) in [7, 11) is 0. The summed E-state index contributed by atoms with van der Waals surface area (Å²) < 4.78 is 41.6. The van der Waals surface area contributed by atoms with Crippen molar-refractivity contribution in [1.82, 2.24) is 10.2 Å². The fourth-order valence-electron chi connectivity index (χ4n) is 4.00. The van der Waals surface area contributed by atoms with E-state index in [2.05, 4.69) is 10.2 Å². The highest BCUT2D eigenvalue weighted by Gasteiger charge is 2.36. The molecule has 1 aromatic carbocycles. The molecule has 0 spiro atoms. The Morgan fingerprint density at radius 3 is 2.35 bits per heavy atom. The molecule has 3 rings (SSSR count). The van der Waals surface area contributed by atoms with Crippen molar-refractivity contribution < 1.29 is 18.3 Å². The second-order valence-corrected chi connectivity index (χ2v) is 6.55. The van der Waals surface area contributed by atoms with Crippen molar-refractivity contribution in [2.24, 2.45) is 5.92 Å². The number of nitrogens with zero attached hydrogens (tertiary/aromatic N) is 1. The molecule has 1 saturated heterocycles. The summed E-state index contributed by atoms with van der Waals surface area (Å²) >= 11 is 0. The minimum atomic E-state index is -1.49. The quantitative estimate of drug-likeness (QED) is 0.836. The number of benzene rings is 1. The number of phenolic OH excluding ortho intramolecular Hbond substituents is 1. The van der Waals surface area contributed by atoms with Gasteiger partial charge in [0.15, 0.2) is 17.5 Å². The number of hydrogen-bond donors (Lipinski definition) is 2. The third-order valence-electron chi connectivity index (χ3n) is 5.12. The number of nitrogens with one attached hydrogen (secondary N) is 1. The van der Waals surface area contributed by atoms with E-state index < -0.39 is 29.2 Å². The number of phenols is 1. The Morgan fingerprint density at radius 1 is 1.04 bits per heavy atom. The Hall–Kier alpha value is -1.27. The van der Waals surface area contributed by atoms with Gasteiger partial charge in [-0.05, 0) is 18.8 Å². The van der Waals surface area contributed by atoms with Gasteiger partial charge < -0.3 is 10.4 Å². The van der Waals surface area contributed by atoms with Gasteiger partial charge in [0.2, 0.25) is 0 Å². The van der Waals surface area contributed by atoms with E-state index in [1.54, 1.807) is 0 Å². The molecular weight excluding hydrogens is 305 g/mol. The number of aromatic hydroxyl groups is 1. The van der Waals surface area contributed by atoms with E-state index in [-0.39, 0.29) is 11.5 Å². The van der Waals surface area contributed by atoms with Crippen molar-refractivity contribution in [3.05, 3.63) is 29.1 Å². The molecule has 128 valence electrons. The summed E-state index contributed by atoms with van der Waals surface area (Å²) in [5, 5.41) is 13.4. The summed E-state index contributed by atoms with van der Waals surface area (Å²) in [6.45, 7) is 2.96.